The molecule has 17 heavy (non-hydrogen) atoms. The first-order valence-electron chi connectivity index (χ1n) is 5.36. The number of pyridine rings is 1. The van der Waals surface area contributed by atoms with E-state index in [1.165, 1.54) is 6.92 Å². The molecule has 92 valence electrons. The van der Waals surface area contributed by atoms with Crippen LogP contribution in [0.1, 0.15) is 43.6 Å². The molecule has 3 nitrogen and oxygen atoms in total. The monoisotopic (exact) mass is 252 g/mol. The lowest BCUT2D eigenvalue weighted by Crippen LogP contribution is -2.28. The van der Waals surface area contributed by atoms with Gasteiger partial charge in [0, 0.05) is 5.54 Å². The average molecular weight is 253 g/mol. The molecule has 0 aliphatic rings. The number of ketones is 1. The third-order valence-corrected chi connectivity index (χ3v) is 2.28. The Kier molecular flexibility index (Phi) is 3.94. The normalized spacial score (nSPS) is 11.1. The topological polar surface area (TPSA) is 42.0 Å². The smallest absolute Gasteiger partial charge is 0.164 e. The summed E-state index contributed by atoms with van der Waals surface area (Å²) in [7, 11) is 0. The van der Waals surface area contributed by atoms with E-state index in [-0.39, 0.29) is 11.3 Å². The molecule has 0 aromatic carbocycles. The zero-order chi connectivity index (χ0) is 13.2. The van der Waals surface area contributed by atoms with E-state index in [4.69, 9.17) is 11.6 Å². The lowest BCUT2D eigenvalue weighted by molar-refractivity contribution is 0.101. The van der Waals surface area contributed by atoms with Gasteiger partial charge in [-0.05, 0) is 39.3 Å². The lowest BCUT2D eigenvalue weighted by atomic mass is 10.0. The zero-order valence-corrected chi connectivity index (χ0v) is 11.4. The molecule has 0 atom stereocenters. The molecule has 0 spiro atoms. The van der Waals surface area contributed by atoms with Crippen molar-refractivity contribution in [2.75, 3.05) is 5.32 Å². The van der Waals surface area contributed by atoms with Gasteiger partial charge in [-0.3, -0.25) is 4.79 Å². The molecule has 0 aliphatic carbocycles. The molecule has 1 rings (SSSR count). The van der Waals surface area contributed by atoms with Gasteiger partial charge in [-0.1, -0.05) is 24.3 Å². The number of rotatable bonds is 3. The zero-order valence-electron chi connectivity index (χ0n) is 10.6. The number of hydrogen-bond acceptors (Lipinski definition) is 3. The van der Waals surface area contributed by atoms with Gasteiger partial charge in [0.25, 0.3) is 0 Å². The Balaban J connectivity index is 3.41. The summed E-state index contributed by atoms with van der Waals surface area (Å²) in [6.07, 6.45) is 1.61. The van der Waals surface area contributed by atoms with E-state index in [0.717, 1.165) is 0 Å². The second-order valence-electron chi connectivity index (χ2n) is 4.89. The van der Waals surface area contributed by atoms with Crippen LogP contribution in [0.4, 0.5) is 5.82 Å². The van der Waals surface area contributed by atoms with Gasteiger partial charge in [0.1, 0.15) is 11.0 Å². The fraction of sp³-hybridized carbons (Fsp3) is 0.385. The van der Waals surface area contributed by atoms with Crippen molar-refractivity contribution >= 4 is 29.3 Å². The molecular formula is C13H17ClN2O. The molecule has 1 heterocycles. The van der Waals surface area contributed by atoms with Crippen LogP contribution in [0.15, 0.2) is 12.6 Å². The van der Waals surface area contributed by atoms with E-state index in [1.807, 2.05) is 20.8 Å². The summed E-state index contributed by atoms with van der Waals surface area (Å²) in [5.74, 6) is 0.447. The van der Waals surface area contributed by atoms with Crippen LogP contribution in [0.5, 0.6) is 0 Å². The Morgan fingerprint density at radius 2 is 2.12 bits per heavy atom. The van der Waals surface area contributed by atoms with Crippen LogP contribution in [-0.4, -0.2) is 16.3 Å². The minimum absolute atomic E-state index is 0.0594. The summed E-state index contributed by atoms with van der Waals surface area (Å²) in [6, 6.07) is 1.64. The Hall–Kier alpha value is -1.35. The van der Waals surface area contributed by atoms with Gasteiger partial charge in [-0.2, -0.15) is 0 Å². The quantitative estimate of drug-likeness (QED) is 0.657. The van der Waals surface area contributed by atoms with E-state index >= 15 is 0 Å². The summed E-state index contributed by atoms with van der Waals surface area (Å²) in [5, 5.41) is 3.53. The average Bonchev–Trinajstić information content (AvgIpc) is 2.12. The van der Waals surface area contributed by atoms with Gasteiger partial charge in [-0.25, -0.2) is 4.98 Å². The third-order valence-electron chi connectivity index (χ3n) is 2.08. The van der Waals surface area contributed by atoms with Gasteiger partial charge in [0.2, 0.25) is 0 Å². The molecule has 1 aromatic heterocycles. The molecule has 0 amide bonds. The van der Waals surface area contributed by atoms with Crippen LogP contribution < -0.4 is 5.32 Å². The van der Waals surface area contributed by atoms with Gasteiger partial charge in [0.15, 0.2) is 5.78 Å². The van der Waals surface area contributed by atoms with Gasteiger partial charge >= 0.3 is 0 Å². The van der Waals surface area contributed by atoms with Crippen LogP contribution in [0.3, 0.4) is 0 Å². The lowest BCUT2D eigenvalue weighted by Gasteiger charge is -2.23. The van der Waals surface area contributed by atoms with Crippen molar-refractivity contribution in [3.63, 3.8) is 0 Å². The maximum Gasteiger partial charge on any atom is 0.164 e. The minimum Gasteiger partial charge on any atom is -0.365 e. The first kappa shape index (κ1) is 13.7. The first-order chi connectivity index (χ1) is 7.74. The van der Waals surface area contributed by atoms with E-state index in [1.54, 1.807) is 12.1 Å². The summed E-state index contributed by atoms with van der Waals surface area (Å²) < 4.78 is 0. The second-order valence-corrected chi connectivity index (χ2v) is 5.28. The Labute approximate surface area is 107 Å². The molecule has 4 heteroatoms. The largest absolute Gasteiger partial charge is 0.365 e. The molecular weight excluding hydrogens is 236 g/mol. The van der Waals surface area contributed by atoms with Crippen LogP contribution in [0.25, 0.3) is 6.08 Å². The van der Waals surface area contributed by atoms with Crippen LogP contribution in [-0.2, 0) is 0 Å². The van der Waals surface area contributed by atoms with Gasteiger partial charge < -0.3 is 5.32 Å². The highest BCUT2D eigenvalue weighted by Crippen LogP contribution is 2.25. The number of hydrogen-bond donors (Lipinski definition) is 1. The number of aromatic nitrogens is 1. The number of carbonyl (C=O) groups excluding carboxylic acids is 1. The van der Waals surface area contributed by atoms with E-state index in [0.29, 0.717) is 22.1 Å². The molecule has 0 fully saturated rings. The summed E-state index contributed by atoms with van der Waals surface area (Å²) in [6.45, 7) is 11.2. The maximum absolute atomic E-state index is 11.7. The predicted octanol–water partition coefficient (Wildman–Crippen LogP) is 3.79. The first-order valence-corrected chi connectivity index (χ1v) is 5.74. The number of anilines is 1. The van der Waals surface area contributed by atoms with Crippen LogP contribution >= 0.6 is 11.6 Å². The third kappa shape index (κ3) is 3.56. The van der Waals surface area contributed by atoms with Crippen molar-refractivity contribution in [3.8, 4) is 0 Å². The van der Waals surface area contributed by atoms with Crippen molar-refractivity contribution < 1.29 is 4.79 Å². The summed E-state index contributed by atoms with van der Waals surface area (Å²) in [4.78, 5) is 15.8. The number of halogens is 1. The fourth-order valence-electron chi connectivity index (χ4n) is 1.51. The minimum atomic E-state index is -0.194. The van der Waals surface area contributed by atoms with E-state index < -0.39 is 0 Å². The van der Waals surface area contributed by atoms with Crippen molar-refractivity contribution in [1.29, 1.82) is 0 Å². The number of nitrogens with one attached hydrogen (secondary N) is 1. The molecule has 0 saturated carbocycles. The van der Waals surface area contributed by atoms with Crippen molar-refractivity contribution in [2.24, 2.45) is 0 Å². The molecule has 0 bridgehead atoms. The van der Waals surface area contributed by atoms with E-state index in [9.17, 15) is 4.79 Å². The number of nitrogens with zero attached hydrogens (tertiary/aromatic N) is 1. The highest BCUT2D eigenvalue weighted by molar-refractivity contribution is 6.30. The Bertz CT molecular complexity index is 461. The number of carbonyl (C=O) groups is 1. The standard InChI is InChI=1S/C13H17ClN2O/c1-6-9-7-10(14)15-12(11(9)8(2)17)16-13(3,4)5/h6-7H,1H2,2-5H3,(H,15,16). The summed E-state index contributed by atoms with van der Waals surface area (Å²) >= 11 is 5.92. The Morgan fingerprint density at radius 1 is 1.53 bits per heavy atom. The van der Waals surface area contributed by atoms with Gasteiger partial charge in [0.05, 0.1) is 5.56 Å². The van der Waals surface area contributed by atoms with Crippen molar-refractivity contribution in [1.82, 2.24) is 4.98 Å². The van der Waals surface area contributed by atoms with E-state index in [2.05, 4.69) is 16.9 Å². The molecule has 0 unspecified atom stereocenters. The van der Waals surface area contributed by atoms with Crippen LogP contribution in [0, 0.1) is 0 Å². The molecule has 0 radical (unpaired) electrons. The molecule has 1 N–H and O–H groups in total. The predicted molar refractivity (Wildman–Crippen MR) is 72.7 cm³/mol. The molecule has 0 saturated heterocycles. The van der Waals surface area contributed by atoms with Crippen molar-refractivity contribution in [2.45, 2.75) is 33.2 Å². The number of Topliss-reactive ketones (excluding diaryl/α,β-unsaturated/α-hetero) is 1. The molecule has 0 aliphatic heterocycles. The SMILES string of the molecule is C=Cc1cc(Cl)nc(NC(C)(C)C)c1C(C)=O. The molecule has 1 aromatic rings. The van der Waals surface area contributed by atoms with Crippen LogP contribution in [0.2, 0.25) is 5.15 Å². The van der Waals surface area contributed by atoms with Gasteiger partial charge in [-0.15, -0.1) is 0 Å². The summed E-state index contributed by atoms with van der Waals surface area (Å²) in [5.41, 5.74) is 1.03. The highest BCUT2D eigenvalue weighted by Gasteiger charge is 2.18. The maximum atomic E-state index is 11.7. The second kappa shape index (κ2) is 4.88. The Morgan fingerprint density at radius 3 is 2.53 bits per heavy atom. The fourth-order valence-corrected chi connectivity index (χ4v) is 1.71. The van der Waals surface area contributed by atoms with Crippen molar-refractivity contribution in [3.05, 3.63) is 28.9 Å². The highest BCUT2D eigenvalue weighted by atomic mass is 35.5.